The van der Waals surface area contributed by atoms with E-state index in [-0.39, 0.29) is 17.7 Å². The minimum Gasteiger partial charge on any atom is -0.478 e. The van der Waals surface area contributed by atoms with Crippen LogP contribution in [0.2, 0.25) is 0 Å². The van der Waals surface area contributed by atoms with Crippen LogP contribution in [0.4, 0.5) is 0 Å². The van der Waals surface area contributed by atoms with E-state index in [0.717, 1.165) is 22.0 Å². The second-order valence-corrected chi connectivity index (χ2v) is 8.08. The van der Waals surface area contributed by atoms with Gasteiger partial charge in [0.15, 0.2) is 0 Å². The minimum absolute atomic E-state index is 0.154. The number of H-pyrrole nitrogens is 2. The van der Waals surface area contributed by atoms with Gasteiger partial charge in [0.25, 0.3) is 5.56 Å². The highest BCUT2D eigenvalue weighted by molar-refractivity contribution is 5.94. The lowest BCUT2D eigenvalue weighted by Gasteiger charge is -2.08. The lowest BCUT2D eigenvalue weighted by atomic mass is 10.0. The fourth-order valence-corrected chi connectivity index (χ4v) is 3.92. The number of aromatic carboxylic acids is 1. The van der Waals surface area contributed by atoms with Crippen molar-refractivity contribution in [1.82, 2.24) is 9.97 Å². The fourth-order valence-electron chi connectivity index (χ4n) is 3.92. The van der Waals surface area contributed by atoms with E-state index in [1.165, 1.54) is 12.1 Å². The number of carboxylic acid groups (broad SMARTS) is 1. The number of esters is 1. The van der Waals surface area contributed by atoms with Gasteiger partial charge in [0.1, 0.15) is 6.61 Å². The van der Waals surface area contributed by atoms with Crippen LogP contribution >= 0.6 is 0 Å². The third-order valence-corrected chi connectivity index (χ3v) is 5.74. The van der Waals surface area contributed by atoms with Crippen molar-refractivity contribution in [2.45, 2.75) is 13.0 Å². The van der Waals surface area contributed by atoms with Crippen molar-refractivity contribution in [3.8, 4) is 0 Å². The maximum absolute atomic E-state index is 12.7. The van der Waals surface area contributed by atoms with Crippen molar-refractivity contribution >= 4 is 33.7 Å². The number of benzene rings is 3. The van der Waals surface area contributed by atoms with Crippen LogP contribution in [-0.4, -0.2) is 27.0 Å². The number of pyridine rings is 1. The molecule has 34 heavy (non-hydrogen) atoms. The van der Waals surface area contributed by atoms with Gasteiger partial charge in [0.05, 0.1) is 11.1 Å². The highest BCUT2D eigenvalue weighted by atomic mass is 16.5. The molecule has 3 aromatic carbocycles. The summed E-state index contributed by atoms with van der Waals surface area (Å²) in [5, 5.41) is 10.8. The number of carbonyl (C=O) groups excluding carboxylic acids is 1. The smallest absolute Gasteiger partial charge is 0.338 e. The highest BCUT2D eigenvalue weighted by Gasteiger charge is 2.11. The Morgan fingerprint density at radius 1 is 0.794 bits per heavy atom. The number of aromatic amines is 2. The molecule has 0 aliphatic rings. The summed E-state index contributed by atoms with van der Waals surface area (Å²) in [6, 6.07) is 20.9. The zero-order valence-electron chi connectivity index (χ0n) is 18.0. The SMILES string of the molecule is O=C(O)c1ccc(Cc2cc3cc(C(=O)OCc4ccc5[nH]ccc5c4)ccc3[nH]c2=O)cc1. The molecule has 7 heteroatoms. The van der Waals surface area contributed by atoms with Crippen molar-refractivity contribution in [3.05, 3.63) is 117 Å². The van der Waals surface area contributed by atoms with Crippen LogP contribution in [0.25, 0.3) is 21.8 Å². The average Bonchev–Trinajstić information content (AvgIpc) is 3.31. The lowest BCUT2D eigenvalue weighted by molar-refractivity contribution is 0.0472. The Bertz CT molecular complexity index is 1600. The van der Waals surface area contributed by atoms with E-state index in [2.05, 4.69) is 9.97 Å². The Morgan fingerprint density at radius 3 is 2.32 bits per heavy atom. The molecular formula is C27H20N2O5. The summed E-state index contributed by atoms with van der Waals surface area (Å²) < 4.78 is 5.50. The molecule has 0 radical (unpaired) electrons. The topological polar surface area (TPSA) is 112 Å². The van der Waals surface area contributed by atoms with Gasteiger partial charge in [-0.2, -0.15) is 0 Å². The van der Waals surface area contributed by atoms with Crippen LogP contribution in [0.15, 0.2) is 83.8 Å². The number of ether oxygens (including phenoxy) is 1. The average molecular weight is 452 g/mol. The molecule has 3 N–H and O–H groups in total. The number of carbonyl (C=O) groups is 2. The molecule has 0 aliphatic carbocycles. The second-order valence-electron chi connectivity index (χ2n) is 8.08. The molecule has 0 bridgehead atoms. The van der Waals surface area contributed by atoms with Gasteiger partial charge in [-0.05, 0) is 76.5 Å². The first-order chi connectivity index (χ1) is 16.5. The standard InChI is InChI=1S/C27H20N2O5/c30-25-22(11-16-1-4-18(5-2-16)26(31)32)14-21-13-20(6-8-24(21)29-25)27(33)34-15-17-3-7-23-19(12-17)9-10-28-23/h1-10,12-14,28H,11,15H2,(H,29,30)(H,31,32). The number of carboxylic acids is 1. The first-order valence-corrected chi connectivity index (χ1v) is 10.7. The summed E-state index contributed by atoms with van der Waals surface area (Å²) >= 11 is 0. The summed E-state index contributed by atoms with van der Waals surface area (Å²) in [5.41, 5.74) is 4.20. The van der Waals surface area contributed by atoms with Crippen LogP contribution in [0.5, 0.6) is 0 Å². The molecule has 2 heterocycles. The van der Waals surface area contributed by atoms with Gasteiger partial charge in [0, 0.05) is 29.2 Å². The normalized spacial score (nSPS) is 11.1. The maximum atomic E-state index is 12.7. The van der Waals surface area contributed by atoms with Crippen molar-refractivity contribution in [3.63, 3.8) is 0 Å². The van der Waals surface area contributed by atoms with Gasteiger partial charge in [0.2, 0.25) is 0 Å². The Balaban J connectivity index is 1.35. The maximum Gasteiger partial charge on any atom is 0.338 e. The van der Waals surface area contributed by atoms with E-state index in [0.29, 0.717) is 28.5 Å². The molecule has 5 aromatic rings. The third kappa shape index (κ3) is 4.31. The van der Waals surface area contributed by atoms with Crippen LogP contribution < -0.4 is 5.56 Å². The second kappa shape index (κ2) is 8.71. The number of hydrogen-bond donors (Lipinski definition) is 3. The Labute approximate surface area is 193 Å². The van der Waals surface area contributed by atoms with Crippen molar-refractivity contribution in [2.75, 3.05) is 0 Å². The van der Waals surface area contributed by atoms with E-state index in [4.69, 9.17) is 9.84 Å². The molecule has 168 valence electrons. The fraction of sp³-hybridized carbons (Fsp3) is 0.0741. The molecule has 0 atom stereocenters. The van der Waals surface area contributed by atoms with E-state index < -0.39 is 11.9 Å². The van der Waals surface area contributed by atoms with Crippen molar-refractivity contribution < 1.29 is 19.4 Å². The molecule has 0 aliphatic heterocycles. The highest BCUT2D eigenvalue weighted by Crippen LogP contribution is 2.19. The van der Waals surface area contributed by atoms with E-state index in [1.807, 2.05) is 30.5 Å². The quantitative estimate of drug-likeness (QED) is 0.325. The Hall–Kier alpha value is -4.65. The van der Waals surface area contributed by atoms with Crippen LogP contribution in [0.1, 0.15) is 37.4 Å². The largest absolute Gasteiger partial charge is 0.478 e. The first kappa shape index (κ1) is 21.2. The summed E-state index contributed by atoms with van der Waals surface area (Å²) in [6.07, 6.45) is 2.20. The summed E-state index contributed by atoms with van der Waals surface area (Å²) in [4.78, 5) is 42.2. The molecule has 0 saturated heterocycles. The van der Waals surface area contributed by atoms with E-state index >= 15 is 0 Å². The predicted molar refractivity (Wildman–Crippen MR) is 128 cm³/mol. The third-order valence-electron chi connectivity index (χ3n) is 5.74. The van der Waals surface area contributed by atoms with Gasteiger partial charge < -0.3 is 19.8 Å². The van der Waals surface area contributed by atoms with Gasteiger partial charge >= 0.3 is 11.9 Å². The lowest BCUT2D eigenvalue weighted by Crippen LogP contribution is -2.13. The monoisotopic (exact) mass is 452 g/mol. The summed E-state index contributed by atoms with van der Waals surface area (Å²) in [7, 11) is 0. The summed E-state index contributed by atoms with van der Waals surface area (Å²) in [6.45, 7) is 0.154. The van der Waals surface area contributed by atoms with Gasteiger partial charge in [-0.1, -0.05) is 18.2 Å². The van der Waals surface area contributed by atoms with Gasteiger partial charge in [-0.25, -0.2) is 9.59 Å². The first-order valence-electron chi connectivity index (χ1n) is 10.7. The number of hydrogen-bond acceptors (Lipinski definition) is 4. The molecule has 0 fully saturated rings. The molecule has 5 rings (SSSR count). The Morgan fingerprint density at radius 2 is 1.53 bits per heavy atom. The Kier molecular flexibility index (Phi) is 5.43. The number of aromatic nitrogens is 2. The zero-order valence-corrected chi connectivity index (χ0v) is 18.0. The summed E-state index contributed by atoms with van der Waals surface area (Å²) in [5.74, 6) is -1.45. The van der Waals surface area contributed by atoms with Gasteiger partial charge in [-0.3, -0.25) is 4.79 Å². The van der Waals surface area contributed by atoms with E-state index in [9.17, 15) is 14.4 Å². The molecule has 2 aromatic heterocycles. The molecule has 0 amide bonds. The van der Waals surface area contributed by atoms with Crippen LogP contribution in [-0.2, 0) is 17.8 Å². The molecule has 0 unspecified atom stereocenters. The predicted octanol–water partition coefficient (Wildman–Crippen LogP) is 4.66. The molecule has 0 saturated carbocycles. The number of nitrogens with one attached hydrogen (secondary N) is 2. The van der Waals surface area contributed by atoms with E-state index in [1.54, 1.807) is 36.4 Å². The number of rotatable bonds is 6. The molecule has 7 nitrogen and oxygen atoms in total. The van der Waals surface area contributed by atoms with Gasteiger partial charge in [-0.15, -0.1) is 0 Å². The number of fused-ring (bicyclic) bond motifs is 2. The van der Waals surface area contributed by atoms with Crippen LogP contribution in [0.3, 0.4) is 0 Å². The van der Waals surface area contributed by atoms with Crippen molar-refractivity contribution in [1.29, 1.82) is 0 Å². The zero-order chi connectivity index (χ0) is 23.7. The van der Waals surface area contributed by atoms with Crippen LogP contribution in [0, 0.1) is 0 Å². The molecular weight excluding hydrogens is 432 g/mol. The minimum atomic E-state index is -1.00. The molecule has 0 spiro atoms. The van der Waals surface area contributed by atoms with Crippen molar-refractivity contribution in [2.24, 2.45) is 0 Å².